The predicted molar refractivity (Wildman–Crippen MR) is 64.7 cm³/mol. The minimum absolute atomic E-state index is 0.140. The van der Waals surface area contributed by atoms with Crippen molar-refractivity contribution in [3.63, 3.8) is 0 Å². The Balaban J connectivity index is 3.31. The molecule has 0 fully saturated rings. The van der Waals surface area contributed by atoms with Crippen molar-refractivity contribution >= 4 is 67.8 Å². The summed E-state index contributed by atoms with van der Waals surface area (Å²) in [6.45, 7) is 0. The molecule has 0 bridgehead atoms. The van der Waals surface area contributed by atoms with Crippen LogP contribution in [0, 0.1) is 10.7 Å². The molecule has 1 aromatic carbocycles. The van der Waals surface area contributed by atoms with Crippen molar-refractivity contribution in [1.82, 2.24) is 0 Å². The number of halogens is 3. The molecule has 4 heteroatoms. The largest absolute Gasteiger partial charge is 0.288 e. The molecular formula is C6H2I3O. The van der Waals surface area contributed by atoms with E-state index in [-0.39, 0.29) is 5.75 Å². The van der Waals surface area contributed by atoms with Gasteiger partial charge < -0.3 is 0 Å². The lowest BCUT2D eigenvalue weighted by Gasteiger charge is -1.96. The second-order valence-corrected chi connectivity index (χ2v) is 5.27. The molecule has 0 aliphatic carbocycles. The first-order chi connectivity index (χ1) is 4.61. The predicted octanol–water partition coefficient (Wildman–Crippen LogP) is 3.64. The fraction of sp³-hybridized carbons (Fsp3) is 0. The summed E-state index contributed by atoms with van der Waals surface area (Å²) in [7, 11) is 0. The first-order valence-electron chi connectivity index (χ1n) is 2.43. The zero-order valence-electron chi connectivity index (χ0n) is 4.70. The Kier molecular flexibility index (Phi) is 3.48. The van der Waals surface area contributed by atoms with Gasteiger partial charge >= 0.3 is 0 Å². The number of benzene rings is 1. The molecule has 0 atom stereocenters. The normalized spacial score (nSPS) is 9.90. The summed E-state index contributed by atoms with van der Waals surface area (Å²) < 4.78 is 2.72. The van der Waals surface area contributed by atoms with Gasteiger partial charge in [-0.25, -0.2) is 0 Å². The molecule has 0 N–H and O–H groups in total. The smallest absolute Gasteiger partial charge is 0.205 e. The molecule has 1 aromatic rings. The third kappa shape index (κ3) is 2.10. The van der Waals surface area contributed by atoms with E-state index in [1.807, 2.05) is 12.1 Å². The highest BCUT2D eigenvalue weighted by Crippen LogP contribution is 2.28. The highest BCUT2D eigenvalue weighted by atomic mass is 127. The van der Waals surface area contributed by atoms with E-state index in [1.54, 1.807) is 0 Å². The maximum atomic E-state index is 11.1. The molecule has 0 unspecified atom stereocenters. The van der Waals surface area contributed by atoms with Crippen LogP contribution >= 0.6 is 67.8 Å². The van der Waals surface area contributed by atoms with Crippen LogP contribution in [0.5, 0.6) is 5.75 Å². The van der Waals surface area contributed by atoms with Gasteiger partial charge in [-0.3, -0.25) is 5.11 Å². The molecule has 0 saturated heterocycles. The molecule has 0 saturated carbocycles. The SMILES string of the molecule is [O]c1c(I)cc(I)cc1I. The highest BCUT2D eigenvalue weighted by molar-refractivity contribution is 14.1. The molecule has 10 heavy (non-hydrogen) atoms. The minimum Gasteiger partial charge on any atom is -0.288 e. The van der Waals surface area contributed by atoms with Crippen molar-refractivity contribution in [3.8, 4) is 5.75 Å². The van der Waals surface area contributed by atoms with Crippen LogP contribution in [-0.4, -0.2) is 0 Å². The van der Waals surface area contributed by atoms with Crippen molar-refractivity contribution in [1.29, 1.82) is 0 Å². The van der Waals surface area contributed by atoms with Gasteiger partial charge in [-0.15, -0.1) is 0 Å². The van der Waals surface area contributed by atoms with Gasteiger partial charge in [0.05, 0.1) is 7.14 Å². The van der Waals surface area contributed by atoms with Gasteiger partial charge in [0, 0.05) is 3.57 Å². The first kappa shape index (κ1) is 9.30. The van der Waals surface area contributed by atoms with Gasteiger partial charge in [-0.2, -0.15) is 0 Å². The molecule has 0 amide bonds. The van der Waals surface area contributed by atoms with Crippen LogP contribution < -0.4 is 0 Å². The van der Waals surface area contributed by atoms with Crippen LogP contribution in [0.3, 0.4) is 0 Å². The molecule has 53 valence electrons. The van der Waals surface area contributed by atoms with E-state index in [0.717, 1.165) is 10.7 Å². The van der Waals surface area contributed by atoms with Gasteiger partial charge in [-0.05, 0) is 79.9 Å². The second kappa shape index (κ2) is 3.74. The van der Waals surface area contributed by atoms with E-state index in [4.69, 9.17) is 0 Å². The average Bonchev–Trinajstić information content (AvgIpc) is 1.82. The van der Waals surface area contributed by atoms with Gasteiger partial charge in [0.1, 0.15) is 0 Å². The molecule has 1 radical (unpaired) electrons. The lowest BCUT2D eigenvalue weighted by atomic mass is 10.3. The molecule has 1 rings (SSSR count). The van der Waals surface area contributed by atoms with E-state index < -0.39 is 0 Å². The van der Waals surface area contributed by atoms with Gasteiger partial charge in [0.15, 0.2) is 0 Å². The molecule has 1 nitrogen and oxygen atoms in total. The van der Waals surface area contributed by atoms with E-state index in [1.165, 1.54) is 0 Å². The van der Waals surface area contributed by atoms with E-state index >= 15 is 0 Å². The Morgan fingerprint density at radius 2 is 1.40 bits per heavy atom. The lowest BCUT2D eigenvalue weighted by molar-refractivity contribution is 0.348. The third-order valence-electron chi connectivity index (χ3n) is 0.963. The fourth-order valence-corrected chi connectivity index (χ4v) is 4.11. The van der Waals surface area contributed by atoms with Gasteiger partial charge in [0.2, 0.25) is 5.75 Å². The molecule has 0 aliphatic rings. The summed E-state index contributed by atoms with van der Waals surface area (Å²) in [4.78, 5) is 0. The topological polar surface area (TPSA) is 19.9 Å². The summed E-state index contributed by atoms with van der Waals surface area (Å²) >= 11 is 6.31. The summed E-state index contributed by atoms with van der Waals surface area (Å²) in [6, 6.07) is 3.76. The molecular weight excluding hydrogens is 469 g/mol. The van der Waals surface area contributed by atoms with E-state index in [2.05, 4.69) is 67.8 Å². The fourth-order valence-electron chi connectivity index (χ4n) is 0.529. The average molecular weight is 471 g/mol. The monoisotopic (exact) mass is 471 g/mol. The quantitative estimate of drug-likeness (QED) is 0.516. The zero-order valence-corrected chi connectivity index (χ0v) is 11.2. The Hall–Kier alpha value is 1.21. The van der Waals surface area contributed by atoms with Crippen molar-refractivity contribution in [2.24, 2.45) is 0 Å². The number of rotatable bonds is 0. The summed E-state index contributed by atoms with van der Waals surface area (Å²) in [5.41, 5.74) is 0. The molecule has 0 heterocycles. The number of hydrogen-bond acceptors (Lipinski definition) is 0. The first-order valence-corrected chi connectivity index (χ1v) is 5.66. The second-order valence-electron chi connectivity index (χ2n) is 1.70. The summed E-state index contributed by atoms with van der Waals surface area (Å²) in [5.74, 6) is 0.140. The van der Waals surface area contributed by atoms with Gasteiger partial charge in [0.25, 0.3) is 0 Å². The Labute approximate surface area is 100 Å². The van der Waals surface area contributed by atoms with E-state index in [0.29, 0.717) is 0 Å². The van der Waals surface area contributed by atoms with Crippen molar-refractivity contribution in [3.05, 3.63) is 22.8 Å². The zero-order chi connectivity index (χ0) is 7.72. The van der Waals surface area contributed by atoms with Crippen LogP contribution in [0.15, 0.2) is 12.1 Å². The number of hydrogen-bond donors (Lipinski definition) is 0. The molecule has 0 aromatic heterocycles. The van der Waals surface area contributed by atoms with Crippen molar-refractivity contribution in [2.75, 3.05) is 0 Å². The van der Waals surface area contributed by atoms with Crippen LogP contribution in [0.4, 0.5) is 0 Å². The Morgan fingerprint density at radius 3 is 1.80 bits per heavy atom. The lowest BCUT2D eigenvalue weighted by Crippen LogP contribution is -1.79. The standard InChI is InChI=1S/C6H2I3O/c7-3-1-4(8)6(10)5(9)2-3/h1-2H. The van der Waals surface area contributed by atoms with E-state index in [9.17, 15) is 5.11 Å². The van der Waals surface area contributed by atoms with Crippen LogP contribution in [0.25, 0.3) is 0 Å². The molecule has 0 spiro atoms. The highest BCUT2D eigenvalue weighted by Gasteiger charge is 2.05. The van der Waals surface area contributed by atoms with Gasteiger partial charge in [-0.1, -0.05) is 0 Å². The summed E-state index contributed by atoms with van der Waals surface area (Å²) in [6.07, 6.45) is 0. The van der Waals surface area contributed by atoms with Crippen molar-refractivity contribution < 1.29 is 5.11 Å². The van der Waals surface area contributed by atoms with Crippen LogP contribution in [-0.2, 0) is 5.11 Å². The minimum atomic E-state index is 0.140. The third-order valence-corrected chi connectivity index (χ3v) is 3.19. The maximum absolute atomic E-state index is 11.1. The Morgan fingerprint density at radius 1 is 1.00 bits per heavy atom. The van der Waals surface area contributed by atoms with Crippen LogP contribution in [0.2, 0.25) is 0 Å². The van der Waals surface area contributed by atoms with Crippen LogP contribution in [0.1, 0.15) is 0 Å². The maximum Gasteiger partial charge on any atom is 0.205 e. The molecule has 0 aliphatic heterocycles. The van der Waals surface area contributed by atoms with Crippen molar-refractivity contribution in [2.45, 2.75) is 0 Å². The summed E-state index contributed by atoms with van der Waals surface area (Å²) in [5, 5.41) is 11.1. The Bertz CT molecular complexity index is 236.